The van der Waals surface area contributed by atoms with Crippen LogP contribution in [-0.4, -0.2) is 5.56 Å². The van der Waals surface area contributed by atoms with Gasteiger partial charge in [0.1, 0.15) is 0 Å². The average Bonchev–Trinajstić information content (AvgIpc) is 1.85. The fraction of sp³-hybridized carbons (Fsp3) is 0.286. The van der Waals surface area contributed by atoms with Crippen molar-refractivity contribution >= 4 is 11.6 Å². The van der Waals surface area contributed by atoms with Gasteiger partial charge in [0.05, 0.1) is 0 Å². The minimum atomic E-state index is -0.419. The smallest absolute Gasteiger partial charge is 0.222 e. The Kier molecular flexibility index (Phi) is 2.54. The largest absolute Gasteiger partial charge is 0.619 e. The van der Waals surface area contributed by atoms with Crippen LogP contribution in [0.3, 0.4) is 0 Å². The Morgan fingerprint density at radius 1 is 1.73 bits per heavy atom. The van der Waals surface area contributed by atoms with Gasteiger partial charge in [-0.1, -0.05) is 11.6 Å². The zero-order chi connectivity index (χ0) is 8.27. The molecule has 0 N–H and O–H groups in total. The van der Waals surface area contributed by atoms with Gasteiger partial charge in [0, 0.05) is 6.07 Å². The fourth-order valence-electron chi connectivity index (χ4n) is 0.691. The fourth-order valence-corrected chi connectivity index (χ4v) is 0.794. The topological polar surface area (TPSA) is 36.2 Å². The van der Waals surface area contributed by atoms with Gasteiger partial charge >= 0.3 is 0 Å². The molecule has 60 valence electrons. The summed E-state index contributed by atoms with van der Waals surface area (Å²) in [5, 5.41) is 10.7. The highest BCUT2D eigenvalue weighted by Gasteiger charge is 2.00. The van der Waals surface area contributed by atoms with Gasteiger partial charge in [0.15, 0.2) is 17.5 Å². The van der Waals surface area contributed by atoms with E-state index in [1.54, 1.807) is 19.1 Å². The summed E-state index contributed by atoms with van der Waals surface area (Å²) in [5.41, 5.74) is -0.419. The molecule has 0 amide bonds. The number of rotatable bonds is 2. The minimum absolute atomic E-state index is 0.419. The summed E-state index contributed by atoms with van der Waals surface area (Å²) in [6, 6.07) is 3.27. The molecule has 3 nitrogen and oxygen atoms in total. The molecule has 1 rings (SSSR count). The summed E-state index contributed by atoms with van der Waals surface area (Å²) in [7, 11) is 0. The van der Waals surface area contributed by atoms with Crippen LogP contribution >= 0.6 is 11.6 Å². The molecular weight excluding hydrogens is 166 g/mol. The van der Waals surface area contributed by atoms with Crippen LogP contribution in [0, 0.1) is 5.21 Å². The molecule has 0 saturated heterocycles. The highest BCUT2D eigenvalue weighted by molar-refractivity contribution is 6.19. The first-order valence-corrected chi connectivity index (χ1v) is 3.61. The third-order valence-corrected chi connectivity index (χ3v) is 1.14. The number of aromatic nitrogens is 1. The van der Waals surface area contributed by atoms with Gasteiger partial charge in [-0.15, -0.1) is 0 Å². The van der Waals surface area contributed by atoms with E-state index in [9.17, 15) is 5.21 Å². The van der Waals surface area contributed by atoms with Crippen molar-refractivity contribution in [2.24, 2.45) is 0 Å². The number of ether oxygens (including phenoxy) is 1. The van der Waals surface area contributed by atoms with Crippen LogP contribution in [0.25, 0.3) is 0 Å². The maximum Gasteiger partial charge on any atom is 0.222 e. The number of hydrogen-bond acceptors (Lipinski definition) is 2. The Bertz CT molecular complexity index is 240. The van der Waals surface area contributed by atoms with Crippen molar-refractivity contribution in [3.05, 3.63) is 29.7 Å². The van der Waals surface area contributed by atoms with Gasteiger partial charge in [0.25, 0.3) is 0 Å². The number of hydrogen-bond donors (Lipinski definition) is 0. The quantitative estimate of drug-likeness (QED) is 0.384. The van der Waals surface area contributed by atoms with Crippen molar-refractivity contribution in [1.82, 2.24) is 0 Å². The zero-order valence-electron chi connectivity index (χ0n) is 6.03. The van der Waals surface area contributed by atoms with Gasteiger partial charge in [-0.25, -0.2) is 0 Å². The summed E-state index contributed by atoms with van der Waals surface area (Å²) in [6.07, 6.45) is 2.70. The van der Waals surface area contributed by atoms with E-state index < -0.39 is 5.56 Å². The van der Waals surface area contributed by atoms with Crippen LogP contribution < -0.4 is 9.47 Å². The molecule has 0 aliphatic carbocycles. The van der Waals surface area contributed by atoms with Crippen LogP contribution in [0.2, 0.25) is 0 Å². The molecule has 4 heteroatoms. The van der Waals surface area contributed by atoms with Crippen molar-refractivity contribution in [3.8, 4) is 5.75 Å². The van der Waals surface area contributed by atoms with E-state index in [4.69, 9.17) is 16.3 Å². The first kappa shape index (κ1) is 8.14. The lowest BCUT2D eigenvalue weighted by Gasteiger charge is -2.05. The second-order valence-electron chi connectivity index (χ2n) is 2.06. The SMILES string of the molecule is CC(Cl)Oc1ccc[n+]([O-])c1. The Morgan fingerprint density at radius 3 is 3.00 bits per heavy atom. The first-order valence-electron chi connectivity index (χ1n) is 3.18. The number of halogens is 1. The molecule has 11 heavy (non-hydrogen) atoms. The van der Waals surface area contributed by atoms with Gasteiger partial charge in [-0.3, -0.25) is 0 Å². The van der Waals surface area contributed by atoms with E-state index in [2.05, 4.69) is 0 Å². The Labute approximate surface area is 69.8 Å². The molecule has 0 spiro atoms. The van der Waals surface area contributed by atoms with Crippen LogP contribution in [0.15, 0.2) is 24.5 Å². The van der Waals surface area contributed by atoms with E-state index in [1.807, 2.05) is 0 Å². The lowest BCUT2D eigenvalue weighted by atomic mass is 10.5. The standard InChI is InChI=1S/C7H8ClNO2/c1-6(8)11-7-3-2-4-9(10)5-7/h2-6H,1H3. The van der Waals surface area contributed by atoms with Crippen molar-refractivity contribution in [3.63, 3.8) is 0 Å². The zero-order valence-corrected chi connectivity index (χ0v) is 6.78. The van der Waals surface area contributed by atoms with E-state index in [1.165, 1.54) is 12.4 Å². The summed E-state index contributed by atoms with van der Waals surface area (Å²) in [4.78, 5) is 0. The highest BCUT2D eigenvalue weighted by Crippen LogP contribution is 2.09. The molecule has 0 aliphatic rings. The first-order chi connectivity index (χ1) is 5.18. The molecule has 1 unspecified atom stereocenters. The summed E-state index contributed by atoms with van der Waals surface area (Å²) >= 11 is 5.53. The highest BCUT2D eigenvalue weighted by atomic mass is 35.5. The summed E-state index contributed by atoms with van der Waals surface area (Å²) in [5.74, 6) is 0.477. The maximum absolute atomic E-state index is 10.7. The van der Waals surface area contributed by atoms with E-state index in [0.29, 0.717) is 10.5 Å². The predicted molar refractivity (Wildman–Crippen MR) is 41.3 cm³/mol. The molecule has 1 aromatic heterocycles. The molecule has 0 saturated carbocycles. The minimum Gasteiger partial charge on any atom is -0.619 e. The summed E-state index contributed by atoms with van der Waals surface area (Å²) in [6.45, 7) is 1.68. The molecule has 0 radical (unpaired) electrons. The monoisotopic (exact) mass is 173 g/mol. The lowest BCUT2D eigenvalue weighted by molar-refractivity contribution is -0.605. The Balaban J connectivity index is 2.71. The third kappa shape index (κ3) is 2.63. The number of alkyl halides is 1. The normalized spacial score (nSPS) is 12.5. The van der Waals surface area contributed by atoms with Crippen molar-refractivity contribution in [2.75, 3.05) is 0 Å². The van der Waals surface area contributed by atoms with E-state index >= 15 is 0 Å². The Morgan fingerprint density at radius 2 is 2.45 bits per heavy atom. The molecule has 0 aliphatic heterocycles. The molecule has 0 fully saturated rings. The Hall–Kier alpha value is -0.960. The lowest BCUT2D eigenvalue weighted by Crippen LogP contribution is -2.24. The molecule has 0 bridgehead atoms. The van der Waals surface area contributed by atoms with Crippen LogP contribution in [0.1, 0.15) is 6.92 Å². The van der Waals surface area contributed by atoms with Crippen molar-refractivity contribution < 1.29 is 9.47 Å². The van der Waals surface area contributed by atoms with Crippen molar-refractivity contribution in [2.45, 2.75) is 12.5 Å². The van der Waals surface area contributed by atoms with Crippen LogP contribution in [0.5, 0.6) is 5.75 Å². The van der Waals surface area contributed by atoms with Gasteiger partial charge in [0.2, 0.25) is 6.20 Å². The molecule has 0 aromatic carbocycles. The van der Waals surface area contributed by atoms with Crippen LogP contribution in [-0.2, 0) is 0 Å². The second kappa shape index (κ2) is 3.44. The predicted octanol–water partition coefficient (Wildman–Crippen LogP) is 1.28. The summed E-state index contributed by atoms with van der Waals surface area (Å²) < 4.78 is 5.70. The van der Waals surface area contributed by atoms with Gasteiger partial charge in [-0.2, -0.15) is 4.73 Å². The molecular formula is C7H8ClNO2. The van der Waals surface area contributed by atoms with Gasteiger partial charge < -0.3 is 9.94 Å². The van der Waals surface area contributed by atoms with Crippen LogP contribution in [0.4, 0.5) is 0 Å². The number of pyridine rings is 1. The molecule has 1 heterocycles. The maximum atomic E-state index is 10.7. The van der Waals surface area contributed by atoms with E-state index in [0.717, 1.165) is 0 Å². The number of nitrogens with zero attached hydrogens (tertiary/aromatic N) is 1. The molecule has 1 aromatic rings. The molecule has 1 atom stereocenters. The van der Waals surface area contributed by atoms with E-state index in [-0.39, 0.29) is 0 Å². The average molecular weight is 174 g/mol. The third-order valence-electron chi connectivity index (χ3n) is 1.05. The van der Waals surface area contributed by atoms with Gasteiger partial charge in [-0.05, 0) is 13.0 Å². The van der Waals surface area contributed by atoms with Crippen molar-refractivity contribution in [1.29, 1.82) is 0 Å². The second-order valence-corrected chi connectivity index (χ2v) is 2.68.